The zero-order valence-corrected chi connectivity index (χ0v) is 11.9. The summed E-state index contributed by atoms with van der Waals surface area (Å²) in [7, 11) is 1.89. The van der Waals surface area contributed by atoms with Crippen LogP contribution in [0.15, 0.2) is 4.79 Å². The second kappa shape index (κ2) is 7.19. The van der Waals surface area contributed by atoms with E-state index in [2.05, 4.69) is 20.8 Å². The van der Waals surface area contributed by atoms with Gasteiger partial charge in [-0.1, -0.05) is 0 Å². The molecule has 0 spiro atoms. The molecule has 0 bridgehead atoms. The fourth-order valence-electron chi connectivity index (χ4n) is 2.58. The molecule has 1 heterocycles. The Morgan fingerprint density at radius 1 is 1.25 bits per heavy atom. The van der Waals surface area contributed by atoms with Gasteiger partial charge in [0.05, 0.1) is 12.1 Å². The van der Waals surface area contributed by atoms with E-state index < -0.39 is 0 Å². The molecule has 0 radical (unpaired) electrons. The SMILES string of the molecule is CNCCCNC(=O)Cc1n[nH]c(=O)c2c1CCCC2. The third-order valence-electron chi connectivity index (χ3n) is 3.64. The molecule has 0 aliphatic heterocycles. The summed E-state index contributed by atoms with van der Waals surface area (Å²) in [5.74, 6) is -0.0339. The van der Waals surface area contributed by atoms with E-state index in [1.54, 1.807) is 0 Å². The third kappa shape index (κ3) is 3.66. The smallest absolute Gasteiger partial charge is 0.267 e. The molecule has 3 N–H and O–H groups in total. The number of aromatic nitrogens is 2. The number of H-pyrrole nitrogens is 1. The van der Waals surface area contributed by atoms with Crippen LogP contribution >= 0.6 is 0 Å². The maximum Gasteiger partial charge on any atom is 0.267 e. The molecule has 0 atom stereocenters. The number of amides is 1. The van der Waals surface area contributed by atoms with Gasteiger partial charge in [-0.2, -0.15) is 5.10 Å². The summed E-state index contributed by atoms with van der Waals surface area (Å²) in [6, 6.07) is 0. The zero-order valence-electron chi connectivity index (χ0n) is 11.9. The number of hydrogen-bond donors (Lipinski definition) is 3. The van der Waals surface area contributed by atoms with Crippen molar-refractivity contribution >= 4 is 5.91 Å². The topological polar surface area (TPSA) is 86.9 Å². The number of carbonyl (C=O) groups excluding carboxylic acids is 1. The fourth-order valence-corrected chi connectivity index (χ4v) is 2.58. The number of nitrogens with zero attached hydrogens (tertiary/aromatic N) is 1. The molecule has 20 heavy (non-hydrogen) atoms. The average molecular weight is 278 g/mol. The third-order valence-corrected chi connectivity index (χ3v) is 3.64. The van der Waals surface area contributed by atoms with Gasteiger partial charge in [0, 0.05) is 12.1 Å². The first-order valence-corrected chi connectivity index (χ1v) is 7.23. The van der Waals surface area contributed by atoms with Gasteiger partial charge in [-0.25, -0.2) is 5.10 Å². The first kappa shape index (κ1) is 14.7. The van der Waals surface area contributed by atoms with Gasteiger partial charge in [0.1, 0.15) is 0 Å². The number of nitrogens with one attached hydrogen (secondary N) is 3. The predicted molar refractivity (Wildman–Crippen MR) is 76.8 cm³/mol. The average Bonchev–Trinajstić information content (AvgIpc) is 2.47. The molecule has 0 saturated carbocycles. The highest BCUT2D eigenvalue weighted by molar-refractivity contribution is 5.78. The molecule has 0 saturated heterocycles. The molecular weight excluding hydrogens is 256 g/mol. The van der Waals surface area contributed by atoms with Crippen molar-refractivity contribution in [1.29, 1.82) is 0 Å². The number of aromatic amines is 1. The molecule has 0 aromatic carbocycles. The predicted octanol–water partition coefficient (Wildman–Crippen LogP) is -0.0831. The Morgan fingerprint density at radius 2 is 2.00 bits per heavy atom. The van der Waals surface area contributed by atoms with Crippen LogP contribution in [0.4, 0.5) is 0 Å². The molecular formula is C14H22N4O2. The largest absolute Gasteiger partial charge is 0.356 e. The highest BCUT2D eigenvalue weighted by atomic mass is 16.1. The summed E-state index contributed by atoms with van der Waals surface area (Å²) >= 11 is 0. The van der Waals surface area contributed by atoms with Crippen LogP contribution in [0.25, 0.3) is 0 Å². The summed E-state index contributed by atoms with van der Waals surface area (Å²) in [6.45, 7) is 1.54. The summed E-state index contributed by atoms with van der Waals surface area (Å²) in [6.07, 6.45) is 4.90. The van der Waals surface area contributed by atoms with Gasteiger partial charge in [-0.15, -0.1) is 0 Å². The van der Waals surface area contributed by atoms with Crippen LogP contribution in [-0.4, -0.2) is 36.2 Å². The van der Waals surface area contributed by atoms with Crippen LogP contribution in [0.5, 0.6) is 0 Å². The van der Waals surface area contributed by atoms with Gasteiger partial charge in [0.2, 0.25) is 5.91 Å². The molecule has 1 aromatic heterocycles. The van der Waals surface area contributed by atoms with Crippen LogP contribution < -0.4 is 16.2 Å². The van der Waals surface area contributed by atoms with Crippen LogP contribution in [-0.2, 0) is 24.1 Å². The normalized spacial score (nSPS) is 13.8. The van der Waals surface area contributed by atoms with E-state index in [4.69, 9.17) is 0 Å². The van der Waals surface area contributed by atoms with Crippen molar-refractivity contribution < 1.29 is 4.79 Å². The number of carbonyl (C=O) groups is 1. The lowest BCUT2D eigenvalue weighted by Gasteiger charge is -2.17. The van der Waals surface area contributed by atoms with Crippen LogP contribution in [0, 0.1) is 0 Å². The van der Waals surface area contributed by atoms with Crippen molar-refractivity contribution in [3.63, 3.8) is 0 Å². The van der Waals surface area contributed by atoms with Gasteiger partial charge in [0.25, 0.3) is 5.56 Å². The van der Waals surface area contributed by atoms with Crippen molar-refractivity contribution in [1.82, 2.24) is 20.8 Å². The van der Waals surface area contributed by atoms with Gasteiger partial charge < -0.3 is 10.6 Å². The highest BCUT2D eigenvalue weighted by Crippen LogP contribution is 2.20. The van der Waals surface area contributed by atoms with Crippen LogP contribution in [0.2, 0.25) is 0 Å². The molecule has 1 amide bonds. The lowest BCUT2D eigenvalue weighted by molar-refractivity contribution is -0.120. The molecule has 0 unspecified atom stereocenters. The highest BCUT2D eigenvalue weighted by Gasteiger charge is 2.19. The van der Waals surface area contributed by atoms with Crippen LogP contribution in [0.3, 0.4) is 0 Å². The van der Waals surface area contributed by atoms with Crippen molar-refractivity contribution in [3.05, 3.63) is 27.2 Å². The zero-order chi connectivity index (χ0) is 14.4. The summed E-state index contributed by atoms with van der Waals surface area (Å²) < 4.78 is 0. The quantitative estimate of drug-likeness (QED) is 0.635. The Morgan fingerprint density at radius 3 is 2.75 bits per heavy atom. The first-order valence-electron chi connectivity index (χ1n) is 7.23. The molecule has 0 fully saturated rings. The van der Waals surface area contributed by atoms with E-state index in [9.17, 15) is 9.59 Å². The lowest BCUT2D eigenvalue weighted by Crippen LogP contribution is -2.30. The minimum Gasteiger partial charge on any atom is -0.356 e. The Labute approximate surface area is 118 Å². The molecule has 1 aliphatic rings. The number of rotatable bonds is 6. The molecule has 2 rings (SSSR count). The maximum absolute atomic E-state index is 11.9. The second-order valence-electron chi connectivity index (χ2n) is 5.15. The summed E-state index contributed by atoms with van der Waals surface area (Å²) in [5.41, 5.74) is 2.44. The van der Waals surface area contributed by atoms with E-state index >= 15 is 0 Å². The molecule has 1 aromatic rings. The van der Waals surface area contributed by atoms with Crippen molar-refractivity contribution in [3.8, 4) is 0 Å². The number of hydrogen-bond acceptors (Lipinski definition) is 4. The minimum absolute atomic E-state index is 0.0339. The second-order valence-corrected chi connectivity index (χ2v) is 5.15. The molecule has 6 nitrogen and oxygen atoms in total. The Hall–Kier alpha value is -1.69. The Bertz CT molecular complexity index is 524. The molecule has 110 valence electrons. The summed E-state index contributed by atoms with van der Waals surface area (Å²) in [5, 5.41) is 12.5. The van der Waals surface area contributed by atoms with Gasteiger partial charge in [0.15, 0.2) is 0 Å². The van der Waals surface area contributed by atoms with E-state index in [1.807, 2.05) is 7.05 Å². The summed E-state index contributed by atoms with van der Waals surface area (Å²) in [4.78, 5) is 23.6. The van der Waals surface area contributed by atoms with Gasteiger partial charge >= 0.3 is 0 Å². The van der Waals surface area contributed by atoms with Gasteiger partial charge in [-0.05, 0) is 51.3 Å². The Kier molecular flexibility index (Phi) is 5.29. The van der Waals surface area contributed by atoms with E-state index in [0.717, 1.165) is 55.5 Å². The number of fused-ring (bicyclic) bond motifs is 1. The maximum atomic E-state index is 11.9. The van der Waals surface area contributed by atoms with Crippen molar-refractivity contribution in [2.24, 2.45) is 0 Å². The minimum atomic E-state index is -0.0992. The lowest BCUT2D eigenvalue weighted by atomic mass is 9.91. The Balaban J connectivity index is 1.99. The van der Waals surface area contributed by atoms with Gasteiger partial charge in [-0.3, -0.25) is 9.59 Å². The standard InChI is InChI=1S/C14H22N4O2/c1-15-7-4-8-16-13(19)9-12-10-5-2-3-6-11(10)14(20)18-17-12/h15H,2-9H2,1H3,(H,16,19)(H,18,20). The monoisotopic (exact) mass is 278 g/mol. The van der Waals surface area contributed by atoms with Crippen LogP contribution in [0.1, 0.15) is 36.1 Å². The van der Waals surface area contributed by atoms with E-state index in [-0.39, 0.29) is 17.9 Å². The van der Waals surface area contributed by atoms with E-state index in [0.29, 0.717) is 6.54 Å². The fraction of sp³-hybridized carbons (Fsp3) is 0.643. The van der Waals surface area contributed by atoms with Crippen molar-refractivity contribution in [2.45, 2.75) is 38.5 Å². The molecule has 6 heteroatoms. The first-order chi connectivity index (χ1) is 9.72. The van der Waals surface area contributed by atoms with E-state index in [1.165, 1.54) is 0 Å². The van der Waals surface area contributed by atoms with Crippen molar-refractivity contribution in [2.75, 3.05) is 20.1 Å². The molecule has 1 aliphatic carbocycles.